The molecule has 2 atom stereocenters. The number of methoxy groups -OCH3 is 1. The predicted molar refractivity (Wildman–Crippen MR) is 57.8 cm³/mol. The molecule has 0 aliphatic heterocycles. The maximum atomic E-state index is 11.2. The van der Waals surface area contributed by atoms with Crippen LogP contribution in [0.4, 0.5) is 0 Å². The zero-order valence-electron chi connectivity index (χ0n) is 9.75. The van der Waals surface area contributed by atoms with E-state index in [0.29, 0.717) is 25.0 Å². The molecule has 1 aliphatic carbocycles. The van der Waals surface area contributed by atoms with Crippen molar-refractivity contribution in [3.63, 3.8) is 0 Å². The van der Waals surface area contributed by atoms with Crippen LogP contribution in [0.5, 0.6) is 0 Å². The van der Waals surface area contributed by atoms with Gasteiger partial charge in [0.05, 0.1) is 0 Å². The van der Waals surface area contributed by atoms with Crippen molar-refractivity contribution >= 4 is 5.97 Å². The molecule has 0 saturated heterocycles. The van der Waals surface area contributed by atoms with Gasteiger partial charge in [0.2, 0.25) is 0 Å². The van der Waals surface area contributed by atoms with Gasteiger partial charge in [0.1, 0.15) is 5.54 Å². The van der Waals surface area contributed by atoms with E-state index in [4.69, 9.17) is 4.74 Å². The van der Waals surface area contributed by atoms with Crippen molar-refractivity contribution in [3.05, 3.63) is 0 Å². The first kappa shape index (κ1) is 12.5. The molecule has 4 nitrogen and oxygen atoms in total. The molecule has 0 aromatic rings. The Morgan fingerprint density at radius 1 is 1.67 bits per heavy atom. The topological polar surface area (TPSA) is 58.6 Å². The Morgan fingerprint density at radius 3 is 2.67 bits per heavy atom. The Morgan fingerprint density at radius 2 is 2.27 bits per heavy atom. The van der Waals surface area contributed by atoms with E-state index in [1.165, 1.54) is 0 Å². The fourth-order valence-electron chi connectivity index (χ4n) is 1.78. The van der Waals surface area contributed by atoms with E-state index in [2.05, 4.69) is 5.32 Å². The van der Waals surface area contributed by atoms with E-state index < -0.39 is 11.5 Å². The SMILES string of the molecule is COCC(C)CNC(C)(C(=O)O)C1CC1. The van der Waals surface area contributed by atoms with Gasteiger partial charge in [-0.15, -0.1) is 0 Å². The molecule has 1 saturated carbocycles. The number of hydrogen-bond acceptors (Lipinski definition) is 3. The summed E-state index contributed by atoms with van der Waals surface area (Å²) < 4.78 is 5.02. The summed E-state index contributed by atoms with van der Waals surface area (Å²) >= 11 is 0. The maximum absolute atomic E-state index is 11.2. The summed E-state index contributed by atoms with van der Waals surface area (Å²) in [6, 6.07) is 0. The van der Waals surface area contributed by atoms with E-state index in [9.17, 15) is 9.90 Å². The molecule has 0 spiro atoms. The molecule has 1 fully saturated rings. The van der Waals surface area contributed by atoms with Gasteiger partial charge >= 0.3 is 5.97 Å². The molecule has 1 aliphatic rings. The Bertz CT molecular complexity index is 228. The Balaban J connectivity index is 2.42. The first-order chi connectivity index (χ1) is 7.00. The largest absolute Gasteiger partial charge is 0.480 e. The van der Waals surface area contributed by atoms with E-state index in [-0.39, 0.29) is 0 Å². The van der Waals surface area contributed by atoms with E-state index in [1.54, 1.807) is 14.0 Å². The van der Waals surface area contributed by atoms with Crippen LogP contribution in [0.1, 0.15) is 26.7 Å². The molecule has 2 N–H and O–H groups in total. The lowest BCUT2D eigenvalue weighted by Crippen LogP contribution is -2.53. The summed E-state index contributed by atoms with van der Waals surface area (Å²) in [6.07, 6.45) is 2.04. The van der Waals surface area contributed by atoms with Gasteiger partial charge in [-0.25, -0.2) is 0 Å². The van der Waals surface area contributed by atoms with Crippen LogP contribution in [0.3, 0.4) is 0 Å². The molecule has 0 aromatic carbocycles. The number of aliphatic carboxylic acids is 1. The third kappa shape index (κ3) is 3.18. The highest BCUT2D eigenvalue weighted by Gasteiger charge is 2.47. The third-order valence-electron chi connectivity index (χ3n) is 3.11. The summed E-state index contributed by atoms with van der Waals surface area (Å²) in [4.78, 5) is 11.2. The van der Waals surface area contributed by atoms with E-state index in [0.717, 1.165) is 12.8 Å². The molecule has 0 heterocycles. The summed E-state index contributed by atoms with van der Waals surface area (Å²) in [6.45, 7) is 5.18. The van der Waals surface area contributed by atoms with Gasteiger partial charge in [-0.2, -0.15) is 0 Å². The number of carbonyl (C=O) groups is 1. The minimum Gasteiger partial charge on any atom is -0.480 e. The summed E-state index contributed by atoms with van der Waals surface area (Å²) in [5.41, 5.74) is -0.748. The highest BCUT2D eigenvalue weighted by atomic mass is 16.5. The highest BCUT2D eigenvalue weighted by molar-refractivity contribution is 5.79. The van der Waals surface area contributed by atoms with Gasteiger partial charge in [-0.3, -0.25) is 4.79 Å². The zero-order valence-corrected chi connectivity index (χ0v) is 9.75. The molecule has 1 rings (SSSR count). The van der Waals surface area contributed by atoms with Crippen molar-refractivity contribution in [2.24, 2.45) is 11.8 Å². The molecular weight excluding hydrogens is 194 g/mol. The number of rotatable bonds is 7. The number of ether oxygens (including phenoxy) is 1. The fourth-order valence-corrected chi connectivity index (χ4v) is 1.78. The Kier molecular flexibility index (Phi) is 4.11. The highest BCUT2D eigenvalue weighted by Crippen LogP contribution is 2.39. The molecule has 0 amide bonds. The quantitative estimate of drug-likeness (QED) is 0.668. The summed E-state index contributed by atoms with van der Waals surface area (Å²) in [7, 11) is 1.66. The number of hydrogen-bond donors (Lipinski definition) is 2. The van der Waals surface area contributed by atoms with Crippen LogP contribution in [0.15, 0.2) is 0 Å². The second-order valence-electron chi connectivity index (χ2n) is 4.72. The van der Waals surface area contributed by atoms with Gasteiger partial charge in [-0.05, 0) is 31.6 Å². The van der Waals surface area contributed by atoms with Crippen molar-refractivity contribution in [2.75, 3.05) is 20.3 Å². The van der Waals surface area contributed by atoms with Gasteiger partial charge in [0.15, 0.2) is 0 Å². The summed E-state index contributed by atoms with van der Waals surface area (Å²) in [5, 5.41) is 12.4. The van der Waals surface area contributed by atoms with Gasteiger partial charge in [-0.1, -0.05) is 6.92 Å². The first-order valence-corrected chi connectivity index (χ1v) is 5.48. The van der Waals surface area contributed by atoms with Crippen LogP contribution < -0.4 is 5.32 Å². The molecule has 0 radical (unpaired) electrons. The van der Waals surface area contributed by atoms with Gasteiger partial charge in [0.25, 0.3) is 0 Å². The average molecular weight is 215 g/mol. The lowest BCUT2D eigenvalue weighted by atomic mass is 9.95. The minimum absolute atomic E-state index is 0.296. The van der Waals surface area contributed by atoms with Crippen molar-refractivity contribution in [1.82, 2.24) is 5.32 Å². The number of carboxylic acids is 1. The van der Waals surface area contributed by atoms with Crippen LogP contribution in [0.2, 0.25) is 0 Å². The third-order valence-corrected chi connectivity index (χ3v) is 3.11. The van der Waals surface area contributed by atoms with Crippen LogP contribution in [-0.2, 0) is 9.53 Å². The van der Waals surface area contributed by atoms with Gasteiger partial charge in [0, 0.05) is 20.3 Å². The second kappa shape index (κ2) is 4.94. The van der Waals surface area contributed by atoms with Crippen molar-refractivity contribution in [1.29, 1.82) is 0 Å². The van der Waals surface area contributed by atoms with Crippen LogP contribution in [-0.4, -0.2) is 36.9 Å². The van der Waals surface area contributed by atoms with Crippen LogP contribution >= 0.6 is 0 Å². The predicted octanol–water partition coefficient (Wildman–Crippen LogP) is 1.11. The smallest absolute Gasteiger partial charge is 0.323 e. The first-order valence-electron chi connectivity index (χ1n) is 5.48. The van der Waals surface area contributed by atoms with E-state index >= 15 is 0 Å². The van der Waals surface area contributed by atoms with Crippen molar-refractivity contribution in [3.8, 4) is 0 Å². The second-order valence-corrected chi connectivity index (χ2v) is 4.72. The molecule has 88 valence electrons. The lowest BCUT2D eigenvalue weighted by Gasteiger charge is -2.27. The number of nitrogens with one attached hydrogen (secondary N) is 1. The Labute approximate surface area is 91.0 Å². The lowest BCUT2D eigenvalue weighted by molar-refractivity contribution is -0.145. The average Bonchev–Trinajstić information content (AvgIpc) is 2.97. The Hall–Kier alpha value is -0.610. The molecule has 0 bridgehead atoms. The van der Waals surface area contributed by atoms with Crippen molar-refractivity contribution in [2.45, 2.75) is 32.2 Å². The van der Waals surface area contributed by atoms with Crippen molar-refractivity contribution < 1.29 is 14.6 Å². The monoisotopic (exact) mass is 215 g/mol. The summed E-state index contributed by atoms with van der Waals surface area (Å²) in [5.74, 6) is -0.105. The number of carboxylic acid groups (broad SMARTS) is 1. The minimum atomic E-state index is -0.748. The zero-order chi connectivity index (χ0) is 11.5. The molecule has 2 unspecified atom stereocenters. The van der Waals surface area contributed by atoms with Crippen LogP contribution in [0, 0.1) is 11.8 Å². The molecular formula is C11H21NO3. The molecule has 0 aromatic heterocycles. The molecule has 4 heteroatoms. The van der Waals surface area contributed by atoms with Crippen LogP contribution in [0.25, 0.3) is 0 Å². The normalized spacial score (nSPS) is 22.1. The maximum Gasteiger partial charge on any atom is 0.323 e. The van der Waals surface area contributed by atoms with Gasteiger partial charge < -0.3 is 15.2 Å². The molecule has 15 heavy (non-hydrogen) atoms. The standard InChI is InChI=1S/C11H21NO3/c1-8(7-15-3)6-12-11(2,10(13)14)9-4-5-9/h8-9,12H,4-7H2,1-3H3,(H,13,14). The van der Waals surface area contributed by atoms with E-state index in [1.807, 2.05) is 6.92 Å². The fraction of sp³-hybridized carbons (Fsp3) is 0.909.